The number of nitrogens with one attached hydrogen (secondary N) is 2. The molecule has 0 aliphatic heterocycles. The van der Waals surface area contributed by atoms with Gasteiger partial charge in [-0.25, -0.2) is 0 Å². The molecule has 1 fully saturated rings. The van der Waals surface area contributed by atoms with Crippen LogP contribution in [0.4, 0.5) is 5.69 Å². The van der Waals surface area contributed by atoms with Crippen LogP contribution >= 0.6 is 0 Å². The van der Waals surface area contributed by atoms with E-state index in [1.54, 1.807) is 24.5 Å². The van der Waals surface area contributed by atoms with Crippen LogP contribution in [0.5, 0.6) is 0 Å². The molecule has 1 aromatic heterocycles. The maximum Gasteiger partial charge on any atom is 0.255 e. The Morgan fingerprint density at radius 2 is 1.96 bits per heavy atom. The second-order valence-corrected chi connectivity index (χ2v) is 6.38. The first-order valence-electron chi connectivity index (χ1n) is 8.45. The van der Waals surface area contributed by atoms with Crippen LogP contribution in [0.3, 0.4) is 0 Å². The van der Waals surface area contributed by atoms with Crippen molar-refractivity contribution in [1.82, 2.24) is 10.3 Å². The third kappa shape index (κ3) is 4.64. The van der Waals surface area contributed by atoms with Gasteiger partial charge in [-0.2, -0.15) is 0 Å². The van der Waals surface area contributed by atoms with Crippen molar-refractivity contribution in [3.05, 3.63) is 59.9 Å². The fourth-order valence-corrected chi connectivity index (χ4v) is 3.05. The van der Waals surface area contributed by atoms with Crippen molar-refractivity contribution in [2.24, 2.45) is 11.7 Å². The minimum absolute atomic E-state index is 0.0181. The molecule has 1 aliphatic rings. The summed E-state index contributed by atoms with van der Waals surface area (Å²) in [6.07, 6.45) is 5.68. The molecule has 6 heteroatoms. The monoisotopic (exact) mass is 338 g/mol. The summed E-state index contributed by atoms with van der Waals surface area (Å²) < 4.78 is 0. The summed E-state index contributed by atoms with van der Waals surface area (Å²) >= 11 is 0. The summed E-state index contributed by atoms with van der Waals surface area (Å²) in [6.45, 7) is 0.434. The summed E-state index contributed by atoms with van der Waals surface area (Å²) in [4.78, 5) is 28.2. The first-order valence-corrected chi connectivity index (χ1v) is 8.45. The Balaban J connectivity index is 1.56. The van der Waals surface area contributed by atoms with Gasteiger partial charge in [0.1, 0.15) is 0 Å². The number of hydrogen-bond acceptors (Lipinski definition) is 4. The van der Waals surface area contributed by atoms with Crippen LogP contribution in [0.1, 0.15) is 35.2 Å². The third-order valence-corrected chi connectivity index (χ3v) is 4.44. The molecular weight excluding hydrogens is 316 g/mol. The molecule has 0 saturated heterocycles. The quantitative estimate of drug-likeness (QED) is 0.777. The summed E-state index contributed by atoms with van der Waals surface area (Å²) in [7, 11) is 0. The van der Waals surface area contributed by atoms with E-state index < -0.39 is 0 Å². The van der Waals surface area contributed by atoms with Gasteiger partial charge in [-0.05, 0) is 49.1 Å². The zero-order valence-electron chi connectivity index (χ0n) is 13.9. The molecule has 1 aromatic carbocycles. The smallest absolute Gasteiger partial charge is 0.255 e. The molecule has 130 valence electrons. The molecule has 1 heterocycles. The predicted octanol–water partition coefficient (Wildman–Crippen LogP) is 2.08. The average molecular weight is 338 g/mol. The highest BCUT2D eigenvalue weighted by molar-refractivity contribution is 6.04. The maximum absolute atomic E-state index is 12.2. The molecule has 6 nitrogen and oxygen atoms in total. The van der Waals surface area contributed by atoms with Gasteiger partial charge in [-0.3, -0.25) is 14.6 Å². The van der Waals surface area contributed by atoms with Gasteiger partial charge in [0.15, 0.2) is 0 Å². The number of anilines is 1. The van der Waals surface area contributed by atoms with Gasteiger partial charge in [0.2, 0.25) is 5.91 Å². The molecule has 2 amide bonds. The molecule has 3 rings (SSSR count). The number of pyridine rings is 1. The number of nitrogens with zero attached hydrogens (tertiary/aromatic N) is 1. The van der Waals surface area contributed by atoms with Crippen LogP contribution in [0.2, 0.25) is 0 Å². The second kappa shape index (κ2) is 7.90. The van der Waals surface area contributed by atoms with Crippen molar-refractivity contribution in [3.63, 3.8) is 0 Å². The number of benzene rings is 1. The number of carbonyl (C=O) groups is 2. The van der Waals surface area contributed by atoms with Gasteiger partial charge in [0.05, 0.1) is 0 Å². The Hall–Kier alpha value is -2.73. The molecule has 25 heavy (non-hydrogen) atoms. The minimum atomic E-state index is -0.191. The van der Waals surface area contributed by atoms with Gasteiger partial charge in [-0.1, -0.05) is 12.1 Å². The van der Waals surface area contributed by atoms with Crippen LogP contribution in [0, 0.1) is 5.92 Å². The summed E-state index contributed by atoms with van der Waals surface area (Å²) in [6, 6.07) is 10.9. The van der Waals surface area contributed by atoms with Crippen molar-refractivity contribution in [2.75, 3.05) is 5.32 Å². The van der Waals surface area contributed by atoms with E-state index in [2.05, 4.69) is 15.6 Å². The molecule has 0 radical (unpaired) electrons. The lowest BCUT2D eigenvalue weighted by Gasteiger charge is -2.12. The lowest BCUT2D eigenvalue weighted by molar-refractivity contribution is -0.125. The Kier molecular flexibility index (Phi) is 5.40. The summed E-state index contributed by atoms with van der Waals surface area (Å²) in [5, 5.41) is 5.81. The van der Waals surface area contributed by atoms with E-state index in [9.17, 15) is 9.59 Å². The molecule has 2 aromatic rings. The molecule has 0 spiro atoms. The zero-order chi connectivity index (χ0) is 17.6. The van der Waals surface area contributed by atoms with Gasteiger partial charge in [-0.15, -0.1) is 0 Å². The maximum atomic E-state index is 12.2. The standard InChI is InChI=1S/C19H22N4O2/c20-16-5-4-15(11-16)18(24)22-12-13-2-1-3-17(10-13)23-19(25)14-6-8-21-9-7-14/h1-3,6-10,15-16H,4-5,11-12,20H2,(H,22,24)(H,23,25). The van der Waals surface area contributed by atoms with E-state index >= 15 is 0 Å². The predicted molar refractivity (Wildman–Crippen MR) is 95.8 cm³/mol. The second-order valence-electron chi connectivity index (χ2n) is 6.38. The largest absolute Gasteiger partial charge is 0.352 e. The van der Waals surface area contributed by atoms with Crippen molar-refractivity contribution < 1.29 is 9.59 Å². The van der Waals surface area contributed by atoms with Crippen LogP contribution in [0.15, 0.2) is 48.8 Å². The van der Waals surface area contributed by atoms with Crippen molar-refractivity contribution in [2.45, 2.75) is 31.8 Å². The third-order valence-electron chi connectivity index (χ3n) is 4.44. The average Bonchev–Trinajstić information content (AvgIpc) is 3.07. The molecule has 0 bridgehead atoms. The lowest BCUT2D eigenvalue weighted by atomic mass is 10.1. The Morgan fingerprint density at radius 3 is 2.68 bits per heavy atom. The van der Waals surface area contributed by atoms with Gasteiger partial charge >= 0.3 is 0 Å². The van der Waals surface area contributed by atoms with Gasteiger partial charge in [0.25, 0.3) is 5.91 Å². The molecule has 2 atom stereocenters. The van der Waals surface area contributed by atoms with Crippen LogP contribution in [-0.2, 0) is 11.3 Å². The first-order chi connectivity index (χ1) is 12.1. The van der Waals surface area contributed by atoms with E-state index in [1.165, 1.54) is 0 Å². The van der Waals surface area contributed by atoms with E-state index in [-0.39, 0.29) is 23.8 Å². The Morgan fingerprint density at radius 1 is 1.16 bits per heavy atom. The fourth-order valence-electron chi connectivity index (χ4n) is 3.05. The van der Waals surface area contributed by atoms with Crippen LogP contribution in [-0.4, -0.2) is 22.8 Å². The lowest BCUT2D eigenvalue weighted by Crippen LogP contribution is -2.30. The molecular formula is C19H22N4O2. The minimum Gasteiger partial charge on any atom is -0.352 e. The summed E-state index contributed by atoms with van der Waals surface area (Å²) in [5.74, 6) is -0.118. The molecule has 2 unspecified atom stereocenters. The Bertz CT molecular complexity index is 748. The van der Waals surface area contributed by atoms with E-state index in [4.69, 9.17) is 5.73 Å². The number of hydrogen-bond donors (Lipinski definition) is 3. The van der Waals surface area contributed by atoms with Crippen LogP contribution < -0.4 is 16.4 Å². The van der Waals surface area contributed by atoms with Crippen molar-refractivity contribution in [3.8, 4) is 0 Å². The highest BCUT2D eigenvalue weighted by Gasteiger charge is 2.27. The van der Waals surface area contributed by atoms with Gasteiger partial charge < -0.3 is 16.4 Å². The number of carbonyl (C=O) groups excluding carboxylic acids is 2. The Labute approximate surface area is 146 Å². The van der Waals surface area contributed by atoms with Crippen molar-refractivity contribution >= 4 is 17.5 Å². The van der Waals surface area contributed by atoms with E-state index in [1.807, 2.05) is 24.3 Å². The fraction of sp³-hybridized carbons (Fsp3) is 0.316. The number of amides is 2. The van der Waals surface area contributed by atoms with E-state index in [0.717, 1.165) is 24.8 Å². The topological polar surface area (TPSA) is 97.1 Å². The number of nitrogens with two attached hydrogens (primary N) is 1. The SMILES string of the molecule is NC1CCC(C(=O)NCc2cccc(NC(=O)c3ccncc3)c2)C1. The number of rotatable bonds is 5. The van der Waals surface area contributed by atoms with E-state index in [0.29, 0.717) is 17.8 Å². The van der Waals surface area contributed by atoms with Crippen LogP contribution in [0.25, 0.3) is 0 Å². The summed E-state index contributed by atoms with van der Waals surface area (Å²) in [5.41, 5.74) is 8.03. The highest BCUT2D eigenvalue weighted by Crippen LogP contribution is 2.24. The molecule has 1 saturated carbocycles. The van der Waals surface area contributed by atoms with Gasteiger partial charge in [0, 0.05) is 42.1 Å². The number of aromatic nitrogens is 1. The molecule has 1 aliphatic carbocycles. The first kappa shape index (κ1) is 17.1. The van der Waals surface area contributed by atoms with Crippen molar-refractivity contribution in [1.29, 1.82) is 0 Å². The highest BCUT2D eigenvalue weighted by atomic mass is 16.2. The zero-order valence-corrected chi connectivity index (χ0v) is 13.9. The normalized spacial score (nSPS) is 19.4. The molecule has 4 N–H and O–H groups in total.